The van der Waals surface area contributed by atoms with E-state index in [0.717, 1.165) is 42.7 Å². The molecule has 0 saturated carbocycles. The fraction of sp³-hybridized carbons (Fsp3) is 0.391. The SMILES string of the molecule is COc1cccc(C2=NN(C(=O)CCCCc3ccccc3)C(C)(C)C2)c1. The zero-order chi connectivity index (χ0) is 19.3. The van der Waals surface area contributed by atoms with Crippen LogP contribution in [0.3, 0.4) is 0 Å². The molecule has 27 heavy (non-hydrogen) atoms. The van der Waals surface area contributed by atoms with Crippen molar-refractivity contribution in [3.05, 3.63) is 65.7 Å². The molecule has 4 nitrogen and oxygen atoms in total. The van der Waals surface area contributed by atoms with Gasteiger partial charge in [-0.3, -0.25) is 4.79 Å². The summed E-state index contributed by atoms with van der Waals surface area (Å²) in [6.45, 7) is 4.15. The van der Waals surface area contributed by atoms with E-state index >= 15 is 0 Å². The van der Waals surface area contributed by atoms with Gasteiger partial charge >= 0.3 is 0 Å². The fourth-order valence-corrected chi connectivity index (χ4v) is 3.49. The molecule has 3 rings (SSSR count). The first-order chi connectivity index (χ1) is 13.0. The molecule has 4 heteroatoms. The number of unbranched alkanes of at least 4 members (excludes halogenated alkanes) is 1. The standard InChI is InChI=1S/C23H28N2O2/c1-23(2)17-21(19-13-9-14-20(16-19)27-3)24-25(23)22(26)15-8-7-12-18-10-5-4-6-11-18/h4-6,9-11,13-14,16H,7-8,12,15,17H2,1-3H3. The summed E-state index contributed by atoms with van der Waals surface area (Å²) in [7, 11) is 1.66. The van der Waals surface area contributed by atoms with E-state index in [2.05, 4.69) is 43.2 Å². The van der Waals surface area contributed by atoms with Crippen molar-refractivity contribution in [2.75, 3.05) is 7.11 Å². The van der Waals surface area contributed by atoms with Gasteiger partial charge in [0.2, 0.25) is 5.91 Å². The summed E-state index contributed by atoms with van der Waals surface area (Å²) in [6.07, 6.45) is 4.18. The minimum Gasteiger partial charge on any atom is -0.497 e. The minimum atomic E-state index is -0.297. The van der Waals surface area contributed by atoms with Crippen molar-refractivity contribution in [1.29, 1.82) is 0 Å². The van der Waals surface area contributed by atoms with Gasteiger partial charge in [-0.1, -0.05) is 42.5 Å². The van der Waals surface area contributed by atoms with Gasteiger partial charge in [0.15, 0.2) is 0 Å². The van der Waals surface area contributed by atoms with E-state index in [0.29, 0.717) is 6.42 Å². The molecule has 142 valence electrons. The van der Waals surface area contributed by atoms with Crippen molar-refractivity contribution in [2.24, 2.45) is 5.10 Å². The Morgan fingerprint density at radius 3 is 2.63 bits per heavy atom. The maximum absolute atomic E-state index is 12.8. The van der Waals surface area contributed by atoms with E-state index in [1.165, 1.54) is 5.56 Å². The van der Waals surface area contributed by atoms with E-state index in [4.69, 9.17) is 4.74 Å². The third kappa shape index (κ3) is 4.76. The van der Waals surface area contributed by atoms with Crippen molar-refractivity contribution < 1.29 is 9.53 Å². The molecule has 1 heterocycles. The number of hydrazone groups is 1. The molecule has 2 aromatic carbocycles. The number of amides is 1. The smallest absolute Gasteiger partial charge is 0.243 e. The number of carbonyl (C=O) groups is 1. The van der Waals surface area contributed by atoms with Gasteiger partial charge in [-0.05, 0) is 50.8 Å². The van der Waals surface area contributed by atoms with Crippen molar-refractivity contribution in [3.8, 4) is 5.75 Å². The van der Waals surface area contributed by atoms with Crippen LogP contribution in [-0.2, 0) is 11.2 Å². The third-order valence-electron chi connectivity index (χ3n) is 4.98. The summed E-state index contributed by atoms with van der Waals surface area (Å²) in [5.74, 6) is 0.907. The van der Waals surface area contributed by atoms with Crippen LogP contribution >= 0.6 is 0 Å². The first-order valence-corrected chi connectivity index (χ1v) is 9.58. The average Bonchev–Trinajstić information content (AvgIpc) is 3.01. The molecule has 0 radical (unpaired) electrons. The van der Waals surface area contributed by atoms with Crippen LogP contribution in [0.25, 0.3) is 0 Å². The van der Waals surface area contributed by atoms with Crippen LogP contribution in [-0.4, -0.2) is 29.3 Å². The van der Waals surface area contributed by atoms with Gasteiger partial charge in [-0.25, -0.2) is 5.01 Å². The Bertz CT molecular complexity index is 812. The highest BCUT2D eigenvalue weighted by molar-refractivity contribution is 6.03. The number of ether oxygens (including phenoxy) is 1. The Hall–Kier alpha value is -2.62. The number of aryl methyl sites for hydroxylation is 1. The molecule has 0 saturated heterocycles. The molecule has 1 amide bonds. The van der Waals surface area contributed by atoms with Crippen LogP contribution in [0, 0.1) is 0 Å². The van der Waals surface area contributed by atoms with Crippen LogP contribution in [0.4, 0.5) is 0 Å². The number of rotatable bonds is 7. The summed E-state index contributed by atoms with van der Waals surface area (Å²) in [6, 6.07) is 18.3. The van der Waals surface area contributed by atoms with Crippen LogP contribution in [0.15, 0.2) is 59.7 Å². The maximum Gasteiger partial charge on any atom is 0.243 e. The highest BCUT2D eigenvalue weighted by Gasteiger charge is 2.38. The van der Waals surface area contributed by atoms with E-state index in [1.807, 2.05) is 30.3 Å². The Labute approximate surface area is 161 Å². The molecule has 1 aliphatic rings. The number of nitrogens with zero attached hydrogens (tertiary/aromatic N) is 2. The van der Waals surface area contributed by atoms with E-state index in [9.17, 15) is 4.79 Å². The highest BCUT2D eigenvalue weighted by atomic mass is 16.5. The molecule has 2 aromatic rings. The van der Waals surface area contributed by atoms with Crippen LogP contribution < -0.4 is 4.74 Å². The van der Waals surface area contributed by atoms with E-state index in [-0.39, 0.29) is 11.4 Å². The summed E-state index contributed by atoms with van der Waals surface area (Å²) in [5.41, 5.74) is 2.98. The number of methoxy groups -OCH3 is 1. The number of carbonyl (C=O) groups excluding carboxylic acids is 1. The van der Waals surface area contributed by atoms with Crippen molar-refractivity contribution in [1.82, 2.24) is 5.01 Å². The molecule has 0 aliphatic carbocycles. The largest absolute Gasteiger partial charge is 0.497 e. The average molecular weight is 364 g/mol. The number of benzene rings is 2. The maximum atomic E-state index is 12.8. The molecule has 0 atom stereocenters. The molecule has 0 aromatic heterocycles. The lowest BCUT2D eigenvalue weighted by atomic mass is 9.94. The minimum absolute atomic E-state index is 0.103. The lowest BCUT2D eigenvalue weighted by molar-refractivity contribution is -0.135. The van der Waals surface area contributed by atoms with Crippen molar-refractivity contribution >= 4 is 11.6 Å². The van der Waals surface area contributed by atoms with Gasteiger partial charge in [0.1, 0.15) is 5.75 Å². The zero-order valence-corrected chi connectivity index (χ0v) is 16.4. The monoisotopic (exact) mass is 364 g/mol. The van der Waals surface area contributed by atoms with Crippen molar-refractivity contribution in [2.45, 2.75) is 51.5 Å². The first-order valence-electron chi connectivity index (χ1n) is 9.58. The second-order valence-corrected chi connectivity index (χ2v) is 7.67. The highest BCUT2D eigenvalue weighted by Crippen LogP contribution is 2.31. The fourth-order valence-electron chi connectivity index (χ4n) is 3.49. The van der Waals surface area contributed by atoms with Gasteiger partial charge in [0, 0.05) is 18.4 Å². The Kier molecular flexibility index (Phi) is 5.94. The normalized spacial score (nSPS) is 15.5. The van der Waals surface area contributed by atoms with Gasteiger partial charge in [-0.2, -0.15) is 5.10 Å². The molecule has 0 bridgehead atoms. The Morgan fingerprint density at radius 2 is 1.89 bits per heavy atom. The van der Waals surface area contributed by atoms with Crippen LogP contribution in [0.5, 0.6) is 5.75 Å². The Balaban J connectivity index is 1.60. The number of hydrogen-bond acceptors (Lipinski definition) is 3. The topological polar surface area (TPSA) is 41.9 Å². The quantitative estimate of drug-likeness (QED) is 0.661. The molecule has 0 spiro atoms. The Morgan fingerprint density at radius 1 is 1.11 bits per heavy atom. The van der Waals surface area contributed by atoms with Gasteiger partial charge < -0.3 is 4.74 Å². The second kappa shape index (κ2) is 8.38. The van der Waals surface area contributed by atoms with Gasteiger partial charge in [0.25, 0.3) is 0 Å². The molecule has 0 N–H and O–H groups in total. The molecule has 1 aliphatic heterocycles. The predicted octanol–water partition coefficient (Wildman–Crippen LogP) is 4.82. The lowest BCUT2D eigenvalue weighted by Gasteiger charge is -2.28. The third-order valence-corrected chi connectivity index (χ3v) is 4.98. The number of hydrogen-bond donors (Lipinski definition) is 0. The van der Waals surface area contributed by atoms with Gasteiger partial charge in [0.05, 0.1) is 18.4 Å². The molecule has 0 fully saturated rings. The summed E-state index contributed by atoms with van der Waals surface area (Å²) in [4.78, 5) is 12.8. The molecular formula is C23H28N2O2. The zero-order valence-electron chi connectivity index (χ0n) is 16.4. The molecular weight excluding hydrogens is 336 g/mol. The van der Waals surface area contributed by atoms with Crippen LogP contribution in [0.2, 0.25) is 0 Å². The van der Waals surface area contributed by atoms with Crippen LogP contribution in [0.1, 0.15) is 50.7 Å². The summed E-state index contributed by atoms with van der Waals surface area (Å²) >= 11 is 0. The van der Waals surface area contributed by atoms with E-state index < -0.39 is 0 Å². The summed E-state index contributed by atoms with van der Waals surface area (Å²) < 4.78 is 5.31. The van der Waals surface area contributed by atoms with E-state index in [1.54, 1.807) is 12.1 Å². The van der Waals surface area contributed by atoms with Gasteiger partial charge in [-0.15, -0.1) is 0 Å². The molecule has 0 unspecified atom stereocenters. The van der Waals surface area contributed by atoms with Crippen molar-refractivity contribution in [3.63, 3.8) is 0 Å². The summed E-state index contributed by atoms with van der Waals surface area (Å²) in [5, 5.41) is 6.35. The first kappa shape index (κ1) is 19.2. The lowest BCUT2D eigenvalue weighted by Crippen LogP contribution is -2.40. The second-order valence-electron chi connectivity index (χ2n) is 7.67. The predicted molar refractivity (Wildman–Crippen MR) is 109 cm³/mol.